The van der Waals surface area contributed by atoms with E-state index in [0.717, 1.165) is 41.1 Å². The van der Waals surface area contributed by atoms with Gasteiger partial charge in [0, 0.05) is 17.8 Å². The van der Waals surface area contributed by atoms with Gasteiger partial charge < -0.3 is 15.0 Å². The van der Waals surface area contributed by atoms with E-state index in [1.807, 2.05) is 36.1 Å². The third-order valence-electron chi connectivity index (χ3n) is 5.16. The highest BCUT2D eigenvalue weighted by atomic mass is 32.1. The minimum atomic E-state index is -0.237. The summed E-state index contributed by atoms with van der Waals surface area (Å²) in [6.07, 6.45) is 0.960. The van der Waals surface area contributed by atoms with E-state index in [9.17, 15) is 4.79 Å². The number of hydrogen-bond donors (Lipinski definition) is 1. The Morgan fingerprint density at radius 3 is 2.34 bits per heavy atom. The lowest BCUT2D eigenvalue weighted by Crippen LogP contribution is -2.47. The fraction of sp³-hybridized carbons (Fsp3) is 0.333. The number of aryl methyl sites for hydroxylation is 1. The lowest BCUT2D eigenvalue weighted by molar-refractivity contribution is -0.114. The third-order valence-corrected chi connectivity index (χ3v) is 5.50. The highest BCUT2D eigenvalue weighted by molar-refractivity contribution is 7.80. The first kappa shape index (κ1) is 21.1. The van der Waals surface area contributed by atoms with Crippen LogP contribution in [0.15, 0.2) is 59.8 Å². The molecule has 29 heavy (non-hydrogen) atoms. The number of thiocarbonyl (C=S) groups is 1. The van der Waals surface area contributed by atoms with Gasteiger partial charge in [-0.1, -0.05) is 48.9 Å². The summed E-state index contributed by atoms with van der Waals surface area (Å²) in [7, 11) is 0. The van der Waals surface area contributed by atoms with Gasteiger partial charge in [0.25, 0.3) is 0 Å². The molecule has 1 N–H and O–H groups in total. The Kier molecular flexibility index (Phi) is 6.70. The zero-order valence-corrected chi connectivity index (χ0v) is 18.3. The van der Waals surface area contributed by atoms with Crippen LogP contribution >= 0.6 is 12.2 Å². The summed E-state index contributed by atoms with van der Waals surface area (Å²) in [5.74, 6) is 0.855. The van der Waals surface area contributed by atoms with E-state index >= 15 is 0 Å². The Morgan fingerprint density at radius 2 is 1.76 bits per heavy atom. The number of Topliss-reactive ketones (excluding diaryl/α,β-unsaturated/α-hetero) is 1. The van der Waals surface area contributed by atoms with Crippen molar-refractivity contribution >= 4 is 23.1 Å². The summed E-state index contributed by atoms with van der Waals surface area (Å²) in [5, 5.41) is 4.02. The van der Waals surface area contributed by atoms with Crippen molar-refractivity contribution in [2.75, 3.05) is 6.54 Å². The van der Waals surface area contributed by atoms with Crippen LogP contribution in [-0.4, -0.2) is 22.3 Å². The molecule has 0 radical (unpaired) electrons. The van der Waals surface area contributed by atoms with Crippen molar-refractivity contribution in [1.82, 2.24) is 10.2 Å². The molecule has 0 saturated carbocycles. The van der Waals surface area contributed by atoms with E-state index in [1.165, 1.54) is 5.56 Å². The number of nitrogens with zero attached hydrogens (tertiary/aromatic N) is 1. The van der Waals surface area contributed by atoms with Gasteiger partial charge in [0.2, 0.25) is 0 Å². The number of rotatable bonds is 7. The molecule has 0 fully saturated rings. The fourth-order valence-corrected chi connectivity index (χ4v) is 3.93. The summed E-state index contributed by atoms with van der Waals surface area (Å²) >= 11 is 5.56. The SMILES string of the molecule is CCCN1C(=S)NC(c2ccc(OCc3ccc(C)cc3)cc2)C(C(C)=O)=C1C. The van der Waals surface area contributed by atoms with E-state index in [-0.39, 0.29) is 11.8 Å². The van der Waals surface area contributed by atoms with E-state index in [4.69, 9.17) is 17.0 Å². The number of hydrogen-bond acceptors (Lipinski definition) is 3. The number of benzene rings is 2. The molecule has 1 atom stereocenters. The molecule has 0 saturated heterocycles. The van der Waals surface area contributed by atoms with E-state index in [0.29, 0.717) is 11.7 Å². The van der Waals surface area contributed by atoms with Gasteiger partial charge in [-0.15, -0.1) is 0 Å². The monoisotopic (exact) mass is 408 g/mol. The maximum Gasteiger partial charge on any atom is 0.173 e. The summed E-state index contributed by atoms with van der Waals surface area (Å²) in [5.41, 5.74) is 5.06. The lowest BCUT2D eigenvalue weighted by atomic mass is 9.92. The highest BCUT2D eigenvalue weighted by Crippen LogP contribution is 2.32. The van der Waals surface area contributed by atoms with Gasteiger partial charge in [-0.2, -0.15) is 0 Å². The second-order valence-electron chi connectivity index (χ2n) is 7.43. The van der Waals surface area contributed by atoms with Crippen molar-refractivity contribution in [2.45, 2.75) is 46.8 Å². The maximum atomic E-state index is 12.4. The molecule has 152 valence electrons. The largest absolute Gasteiger partial charge is 0.489 e. The van der Waals surface area contributed by atoms with Crippen molar-refractivity contribution in [1.29, 1.82) is 0 Å². The quantitative estimate of drug-likeness (QED) is 0.647. The van der Waals surface area contributed by atoms with Crippen LogP contribution in [0.3, 0.4) is 0 Å². The van der Waals surface area contributed by atoms with Gasteiger partial charge in [-0.05, 0) is 62.7 Å². The van der Waals surface area contributed by atoms with Crippen molar-refractivity contribution < 1.29 is 9.53 Å². The molecular formula is C24H28N2O2S. The van der Waals surface area contributed by atoms with Crippen LogP contribution in [0.1, 0.15) is 49.9 Å². The van der Waals surface area contributed by atoms with Crippen LogP contribution in [0.4, 0.5) is 0 Å². The second kappa shape index (κ2) is 9.23. The summed E-state index contributed by atoms with van der Waals surface area (Å²) in [4.78, 5) is 14.4. The first-order chi connectivity index (χ1) is 13.9. The predicted molar refractivity (Wildman–Crippen MR) is 121 cm³/mol. The van der Waals surface area contributed by atoms with Crippen LogP contribution in [0.25, 0.3) is 0 Å². The molecule has 1 unspecified atom stereocenters. The fourth-order valence-electron chi connectivity index (χ4n) is 3.59. The number of carbonyl (C=O) groups is 1. The molecule has 1 aliphatic heterocycles. The molecular weight excluding hydrogens is 380 g/mol. The molecule has 2 aromatic rings. The van der Waals surface area contributed by atoms with E-state index < -0.39 is 0 Å². The highest BCUT2D eigenvalue weighted by Gasteiger charge is 2.31. The summed E-state index contributed by atoms with van der Waals surface area (Å²) in [6, 6.07) is 16.0. The third kappa shape index (κ3) is 4.85. The molecule has 3 rings (SSSR count). The van der Waals surface area contributed by atoms with Gasteiger partial charge in [-0.3, -0.25) is 4.79 Å². The second-order valence-corrected chi connectivity index (χ2v) is 7.82. The first-order valence-electron chi connectivity index (χ1n) is 9.98. The standard InChI is InChI=1S/C24H28N2O2S/c1-5-14-26-17(3)22(18(4)27)23(25-24(26)29)20-10-12-21(13-11-20)28-15-19-8-6-16(2)7-9-19/h6-13,23H,5,14-15H2,1-4H3,(H,25,29). The first-order valence-corrected chi connectivity index (χ1v) is 10.4. The van der Waals surface area contributed by atoms with Gasteiger partial charge in [0.05, 0.1) is 6.04 Å². The molecule has 1 aliphatic rings. The Balaban J connectivity index is 1.78. The van der Waals surface area contributed by atoms with Crippen LogP contribution in [0, 0.1) is 6.92 Å². The van der Waals surface area contributed by atoms with Crippen LogP contribution in [0.2, 0.25) is 0 Å². The molecule has 0 bridgehead atoms. The molecule has 4 nitrogen and oxygen atoms in total. The molecule has 1 heterocycles. The molecule has 0 spiro atoms. The Labute approximate surface area is 178 Å². The normalized spacial score (nSPS) is 16.6. The average Bonchev–Trinajstić information content (AvgIpc) is 2.70. The molecule has 5 heteroatoms. The summed E-state index contributed by atoms with van der Waals surface area (Å²) in [6.45, 7) is 9.09. The van der Waals surface area contributed by atoms with Crippen molar-refractivity contribution in [3.05, 3.63) is 76.5 Å². The van der Waals surface area contributed by atoms with E-state index in [2.05, 4.69) is 43.4 Å². The van der Waals surface area contributed by atoms with Gasteiger partial charge in [0.1, 0.15) is 12.4 Å². The zero-order valence-electron chi connectivity index (χ0n) is 17.5. The van der Waals surface area contributed by atoms with Gasteiger partial charge >= 0.3 is 0 Å². The minimum absolute atomic E-state index is 0.0586. The maximum absolute atomic E-state index is 12.4. The number of nitrogens with one attached hydrogen (secondary N) is 1. The van der Waals surface area contributed by atoms with Crippen LogP contribution in [-0.2, 0) is 11.4 Å². The van der Waals surface area contributed by atoms with Crippen LogP contribution < -0.4 is 10.1 Å². The number of ether oxygens (including phenoxy) is 1. The Morgan fingerprint density at radius 1 is 1.10 bits per heavy atom. The Bertz CT molecular complexity index is 917. The van der Waals surface area contributed by atoms with Crippen molar-refractivity contribution in [3.8, 4) is 5.75 Å². The molecule has 0 amide bonds. The van der Waals surface area contributed by atoms with Gasteiger partial charge in [0.15, 0.2) is 10.9 Å². The number of ketones is 1. The summed E-state index contributed by atoms with van der Waals surface area (Å²) < 4.78 is 5.91. The predicted octanol–water partition coefficient (Wildman–Crippen LogP) is 5.08. The number of carbonyl (C=O) groups excluding carboxylic acids is 1. The molecule has 0 aromatic heterocycles. The Hall–Kier alpha value is -2.66. The lowest BCUT2D eigenvalue weighted by Gasteiger charge is -2.37. The van der Waals surface area contributed by atoms with Gasteiger partial charge in [-0.25, -0.2) is 0 Å². The topological polar surface area (TPSA) is 41.6 Å². The average molecular weight is 409 g/mol. The van der Waals surface area contributed by atoms with Crippen LogP contribution in [0.5, 0.6) is 5.75 Å². The van der Waals surface area contributed by atoms with E-state index in [1.54, 1.807) is 6.92 Å². The van der Waals surface area contributed by atoms with Crippen molar-refractivity contribution in [2.24, 2.45) is 0 Å². The molecule has 2 aromatic carbocycles. The van der Waals surface area contributed by atoms with Crippen molar-refractivity contribution in [3.63, 3.8) is 0 Å². The smallest absolute Gasteiger partial charge is 0.173 e. The number of allylic oxidation sites excluding steroid dienone is 1. The molecule has 0 aliphatic carbocycles. The zero-order chi connectivity index (χ0) is 21.0. The minimum Gasteiger partial charge on any atom is -0.489 e.